The van der Waals surface area contributed by atoms with Gasteiger partial charge >= 0.3 is 5.97 Å². The summed E-state index contributed by atoms with van der Waals surface area (Å²) in [6.45, 7) is 0.309. The third-order valence-electron chi connectivity index (χ3n) is 4.46. The Labute approximate surface area is 155 Å². The van der Waals surface area contributed by atoms with Crippen molar-refractivity contribution in [3.8, 4) is 5.69 Å². The van der Waals surface area contributed by atoms with Crippen LogP contribution in [-0.4, -0.2) is 24.3 Å². The lowest BCUT2D eigenvalue weighted by molar-refractivity contribution is -0.234. The molecule has 0 spiro atoms. The lowest BCUT2D eigenvalue weighted by Crippen LogP contribution is -2.24. The predicted octanol–water partition coefficient (Wildman–Crippen LogP) is 3.17. The number of nitrogens with zero attached hydrogens (tertiary/aromatic N) is 1. The number of para-hydroxylation sites is 2. The van der Waals surface area contributed by atoms with E-state index >= 15 is 0 Å². The fraction of sp³-hybridized carbons (Fsp3) is 0.143. The summed E-state index contributed by atoms with van der Waals surface area (Å²) < 4.78 is 6.78. The topological polar surface area (TPSA) is 66.8 Å². The molecule has 0 unspecified atom stereocenters. The first-order valence-corrected chi connectivity index (χ1v) is 8.49. The van der Waals surface area contributed by atoms with Crippen molar-refractivity contribution in [1.82, 2.24) is 4.57 Å². The number of ether oxygens (including phenoxy) is 1. The van der Waals surface area contributed by atoms with Crippen molar-refractivity contribution < 1.29 is 19.3 Å². The maximum absolute atomic E-state index is 13.2. The van der Waals surface area contributed by atoms with E-state index in [0.717, 1.165) is 5.69 Å². The molecule has 4 rings (SSSR count). The fourth-order valence-electron chi connectivity index (χ4n) is 3.25. The fourth-order valence-corrected chi connectivity index (χ4v) is 3.25. The number of rotatable bonds is 4. The molecule has 0 saturated heterocycles. The third-order valence-corrected chi connectivity index (χ3v) is 4.46. The molecule has 6 nitrogen and oxygen atoms in total. The molecule has 0 radical (unpaired) electrons. The average Bonchev–Trinajstić information content (AvgIpc) is 3.23. The first-order chi connectivity index (χ1) is 13.2. The highest BCUT2D eigenvalue weighted by Crippen LogP contribution is 2.25. The summed E-state index contributed by atoms with van der Waals surface area (Å²) >= 11 is 0. The Bertz CT molecular complexity index is 1100. The van der Waals surface area contributed by atoms with Crippen LogP contribution in [0.4, 0.5) is 0 Å². The van der Waals surface area contributed by atoms with Crippen molar-refractivity contribution in [2.75, 3.05) is 13.7 Å². The molecule has 0 atom stereocenters. The van der Waals surface area contributed by atoms with Gasteiger partial charge in [-0.25, -0.2) is 4.79 Å². The van der Waals surface area contributed by atoms with E-state index in [1.54, 1.807) is 22.8 Å². The number of hydrogen-bond donors (Lipinski definition) is 0. The number of carbonyl (C=O) groups excluding carboxylic acids is 1. The van der Waals surface area contributed by atoms with E-state index in [1.807, 2.05) is 42.5 Å². The zero-order chi connectivity index (χ0) is 18.8. The van der Waals surface area contributed by atoms with Gasteiger partial charge in [-0.15, -0.1) is 0 Å². The number of methoxy groups -OCH3 is 1. The minimum absolute atomic E-state index is 0.140. The normalized spacial score (nSPS) is 13.3. The Morgan fingerprint density at radius 3 is 2.56 bits per heavy atom. The molecule has 3 aromatic rings. The number of fused-ring (bicyclic) bond motifs is 1. The molecule has 27 heavy (non-hydrogen) atoms. The van der Waals surface area contributed by atoms with Gasteiger partial charge in [-0.3, -0.25) is 4.79 Å². The zero-order valence-electron chi connectivity index (χ0n) is 14.7. The summed E-state index contributed by atoms with van der Waals surface area (Å²) in [6.07, 6.45) is 1.88. The van der Waals surface area contributed by atoms with Crippen LogP contribution in [0.1, 0.15) is 16.1 Å². The summed E-state index contributed by atoms with van der Waals surface area (Å²) in [5.74, 6) is -0.0941. The summed E-state index contributed by atoms with van der Waals surface area (Å²) in [5, 5.41) is 0.517. The number of allylic oxidation sites excluding steroid dienone is 1. The van der Waals surface area contributed by atoms with Crippen LogP contribution >= 0.6 is 0 Å². The van der Waals surface area contributed by atoms with E-state index in [0.29, 0.717) is 28.8 Å². The standard InChI is InChI=1S/C21H17NO5/c1-25-21(24)19-17(13-15-11-12-26-27-15)20(23)16-9-5-6-10-18(16)22(19)14-7-3-2-4-8-14/h2-11H,12-13H2,1H3. The monoisotopic (exact) mass is 363 g/mol. The first kappa shape index (κ1) is 17.1. The summed E-state index contributed by atoms with van der Waals surface area (Å²) in [6, 6.07) is 16.6. The highest BCUT2D eigenvalue weighted by molar-refractivity contribution is 5.95. The summed E-state index contributed by atoms with van der Waals surface area (Å²) in [5.41, 5.74) is 1.66. The van der Waals surface area contributed by atoms with E-state index < -0.39 is 5.97 Å². The molecule has 1 aliphatic rings. The number of esters is 1. The Balaban J connectivity index is 2.10. The van der Waals surface area contributed by atoms with Crippen LogP contribution in [0.15, 0.2) is 71.2 Å². The van der Waals surface area contributed by atoms with Gasteiger partial charge < -0.3 is 14.2 Å². The van der Waals surface area contributed by atoms with E-state index in [2.05, 4.69) is 0 Å². The van der Waals surface area contributed by atoms with Gasteiger partial charge in [-0.05, 0) is 30.3 Å². The maximum Gasteiger partial charge on any atom is 0.355 e. The first-order valence-electron chi connectivity index (χ1n) is 8.49. The largest absolute Gasteiger partial charge is 0.464 e. The number of benzene rings is 2. The second-order valence-corrected chi connectivity index (χ2v) is 6.05. The average molecular weight is 363 g/mol. The molecule has 0 aliphatic carbocycles. The molecule has 0 saturated carbocycles. The molecule has 0 fully saturated rings. The smallest absolute Gasteiger partial charge is 0.355 e. The van der Waals surface area contributed by atoms with Gasteiger partial charge in [0.25, 0.3) is 0 Å². The van der Waals surface area contributed by atoms with Gasteiger partial charge in [0.05, 0.1) is 12.6 Å². The van der Waals surface area contributed by atoms with Crippen LogP contribution < -0.4 is 5.43 Å². The molecule has 2 aromatic carbocycles. The van der Waals surface area contributed by atoms with Gasteiger partial charge in [0.15, 0.2) is 5.43 Å². The van der Waals surface area contributed by atoms with Crippen molar-refractivity contribution in [3.05, 3.63) is 87.9 Å². The minimum Gasteiger partial charge on any atom is -0.464 e. The number of pyridine rings is 1. The second kappa shape index (κ2) is 7.09. The number of carbonyl (C=O) groups is 1. The van der Waals surface area contributed by atoms with Crippen LogP contribution in [0.25, 0.3) is 16.6 Å². The van der Waals surface area contributed by atoms with E-state index in [9.17, 15) is 9.59 Å². The minimum atomic E-state index is -0.587. The van der Waals surface area contributed by atoms with E-state index in [-0.39, 0.29) is 17.5 Å². The van der Waals surface area contributed by atoms with Crippen molar-refractivity contribution in [1.29, 1.82) is 0 Å². The van der Waals surface area contributed by atoms with Crippen molar-refractivity contribution in [3.63, 3.8) is 0 Å². The van der Waals surface area contributed by atoms with Crippen molar-refractivity contribution >= 4 is 16.9 Å². The number of hydrogen-bond acceptors (Lipinski definition) is 5. The van der Waals surface area contributed by atoms with Gasteiger partial charge in [0, 0.05) is 23.1 Å². The maximum atomic E-state index is 13.2. The van der Waals surface area contributed by atoms with E-state index in [4.69, 9.17) is 14.5 Å². The zero-order valence-corrected chi connectivity index (χ0v) is 14.7. The number of aromatic nitrogens is 1. The highest BCUT2D eigenvalue weighted by atomic mass is 17.2. The van der Waals surface area contributed by atoms with Crippen LogP contribution in [0.3, 0.4) is 0 Å². The molecule has 2 heterocycles. The van der Waals surface area contributed by atoms with Gasteiger partial charge in [-0.1, -0.05) is 30.3 Å². The Kier molecular flexibility index (Phi) is 4.48. The van der Waals surface area contributed by atoms with Gasteiger partial charge in [0.2, 0.25) is 0 Å². The molecule has 1 aliphatic heterocycles. The Morgan fingerprint density at radius 1 is 1.11 bits per heavy atom. The van der Waals surface area contributed by atoms with Crippen LogP contribution in [-0.2, 0) is 20.9 Å². The highest BCUT2D eigenvalue weighted by Gasteiger charge is 2.25. The van der Waals surface area contributed by atoms with Gasteiger partial charge in [-0.2, -0.15) is 4.89 Å². The van der Waals surface area contributed by atoms with Crippen molar-refractivity contribution in [2.24, 2.45) is 0 Å². The van der Waals surface area contributed by atoms with E-state index in [1.165, 1.54) is 7.11 Å². The second-order valence-electron chi connectivity index (χ2n) is 6.05. The molecule has 1 aromatic heterocycles. The molecule has 136 valence electrons. The van der Waals surface area contributed by atoms with Crippen LogP contribution in [0, 0.1) is 0 Å². The molecule has 0 amide bonds. The molecular weight excluding hydrogens is 346 g/mol. The van der Waals surface area contributed by atoms with Crippen LogP contribution in [0.5, 0.6) is 0 Å². The lowest BCUT2D eigenvalue weighted by Gasteiger charge is -2.19. The summed E-state index contributed by atoms with van der Waals surface area (Å²) in [4.78, 5) is 35.9. The van der Waals surface area contributed by atoms with Crippen molar-refractivity contribution in [2.45, 2.75) is 6.42 Å². The Hall–Kier alpha value is -3.38. The molecule has 0 bridgehead atoms. The molecule has 6 heteroatoms. The van der Waals surface area contributed by atoms with Crippen LogP contribution in [0.2, 0.25) is 0 Å². The summed E-state index contributed by atoms with van der Waals surface area (Å²) in [7, 11) is 1.30. The molecule has 0 N–H and O–H groups in total. The predicted molar refractivity (Wildman–Crippen MR) is 99.7 cm³/mol. The third kappa shape index (κ3) is 3.00. The molecular formula is C21H17NO5. The van der Waals surface area contributed by atoms with Gasteiger partial charge in [0.1, 0.15) is 18.1 Å². The lowest BCUT2D eigenvalue weighted by atomic mass is 10.0. The Morgan fingerprint density at radius 2 is 1.85 bits per heavy atom. The SMILES string of the molecule is COC(=O)c1c(CC2=CCOO2)c(=O)c2ccccc2n1-c1ccccc1. The quantitative estimate of drug-likeness (QED) is 0.526.